The predicted molar refractivity (Wildman–Crippen MR) is 87.3 cm³/mol. The van der Waals surface area contributed by atoms with Crippen molar-refractivity contribution in [2.45, 2.75) is 6.04 Å². The summed E-state index contributed by atoms with van der Waals surface area (Å²) in [4.78, 5) is 2.03. The van der Waals surface area contributed by atoms with Crippen molar-refractivity contribution in [1.29, 1.82) is 0 Å². The van der Waals surface area contributed by atoms with E-state index in [0.29, 0.717) is 6.54 Å². The summed E-state index contributed by atoms with van der Waals surface area (Å²) in [5.74, 6) is 0.526. The molecule has 3 nitrogen and oxygen atoms in total. The number of halogens is 2. The number of benzene rings is 2. The third-order valence-corrected chi connectivity index (χ3v) is 4.21. The number of hydrogen-bond donors (Lipinski definition) is 1. The van der Waals surface area contributed by atoms with Crippen LogP contribution < -0.4 is 15.4 Å². The largest absolute Gasteiger partial charge is 0.497 e. The van der Waals surface area contributed by atoms with Gasteiger partial charge in [-0.15, -0.1) is 0 Å². The number of methoxy groups -OCH3 is 1. The molecule has 112 valence electrons. The van der Waals surface area contributed by atoms with E-state index in [0.717, 1.165) is 21.5 Å². The maximum Gasteiger partial charge on any atom is 0.123 e. The monoisotopic (exact) mass is 352 g/mol. The Bertz CT molecular complexity index is 604. The van der Waals surface area contributed by atoms with Gasteiger partial charge in [-0.1, -0.05) is 15.9 Å². The molecule has 2 N–H and O–H groups in total. The van der Waals surface area contributed by atoms with Crippen LogP contribution in [-0.4, -0.2) is 20.7 Å². The summed E-state index contributed by atoms with van der Waals surface area (Å²) in [7, 11) is 3.57. The molecule has 0 radical (unpaired) electrons. The molecule has 2 rings (SSSR count). The van der Waals surface area contributed by atoms with E-state index in [1.165, 1.54) is 12.1 Å². The summed E-state index contributed by atoms with van der Waals surface area (Å²) >= 11 is 3.56. The Labute approximate surface area is 132 Å². The molecule has 0 aromatic heterocycles. The second-order valence-corrected chi connectivity index (χ2v) is 5.58. The van der Waals surface area contributed by atoms with Crippen LogP contribution in [0.1, 0.15) is 11.6 Å². The molecule has 0 fully saturated rings. The minimum atomic E-state index is -0.251. The number of anilines is 1. The van der Waals surface area contributed by atoms with Crippen LogP contribution in [0.4, 0.5) is 10.1 Å². The first-order valence-corrected chi connectivity index (χ1v) is 7.38. The summed E-state index contributed by atoms with van der Waals surface area (Å²) in [6.07, 6.45) is 0. The topological polar surface area (TPSA) is 38.5 Å². The Kier molecular flexibility index (Phi) is 5.20. The van der Waals surface area contributed by atoms with Gasteiger partial charge < -0.3 is 15.4 Å². The predicted octanol–water partition coefficient (Wildman–Crippen LogP) is 3.73. The molecule has 2 aromatic rings. The zero-order valence-electron chi connectivity index (χ0n) is 12.0. The van der Waals surface area contributed by atoms with Crippen LogP contribution in [0.25, 0.3) is 0 Å². The number of hydrogen-bond acceptors (Lipinski definition) is 3. The summed E-state index contributed by atoms with van der Waals surface area (Å²) in [5.41, 5.74) is 7.89. The van der Waals surface area contributed by atoms with Crippen LogP contribution in [0, 0.1) is 5.82 Å². The van der Waals surface area contributed by atoms with Crippen molar-refractivity contribution in [2.75, 3.05) is 25.6 Å². The minimum absolute atomic E-state index is 0.0417. The van der Waals surface area contributed by atoms with E-state index in [1.54, 1.807) is 19.2 Å². The quantitative estimate of drug-likeness (QED) is 0.890. The van der Waals surface area contributed by atoms with E-state index in [1.807, 2.05) is 30.1 Å². The Morgan fingerprint density at radius 3 is 2.48 bits per heavy atom. The fourth-order valence-electron chi connectivity index (χ4n) is 2.25. The highest BCUT2D eigenvalue weighted by Gasteiger charge is 2.19. The van der Waals surface area contributed by atoms with Crippen molar-refractivity contribution in [1.82, 2.24) is 0 Å². The molecule has 5 heteroatoms. The second-order valence-electron chi connectivity index (χ2n) is 4.73. The summed E-state index contributed by atoms with van der Waals surface area (Å²) in [6, 6.07) is 12.1. The van der Waals surface area contributed by atoms with Crippen LogP contribution in [0.2, 0.25) is 0 Å². The third kappa shape index (κ3) is 3.54. The number of ether oxygens (including phenoxy) is 1. The van der Waals surface area contributed by atoms with E-state index >= 15 is 0 Å². The summed E-state index contributed by atoms with van der Waals surface area (Å²) in [6.45, 7) is 0.430. The summed E-state index contributed by atoms with van der Waals surface area (Å²) < 4.78 is 19.3. The maximum absolute atomic E-state index is 13.1. The van der Waals surface area contributed by atoms with Crippen LogP contribution in [0.3, 0.4) is 0 Å². The molecule has 0 saturated carbocycles. The van der Waals surface area contributed by atoms with Gasteiger partial charge in [0.2, 0.25) is 0 Å². The standard InChI is InChI=1S/C16H18BrFN2O/c1-20(12-5-3-11(18)4-6-12)16(10-19)14-9-13(21-2)7-8-15(14)17/h3-9,16H,10,19H2,1-2H3. The highest BCUT2D eigenvalue weighted by Crippen LogP contribution is 2.32. The Morgan fingerprint density at radius 2 is 1.90 bits per heavy atom. The number of likely N-dealkylation sites (N-methyl/N-ethyl adjacent to an activating group) is 1. The Balaban J connectivity index is 2.36. The van der Waals surface area contributed by atoms with Gasteiger partial charge in [0.05, 0.1) is 13.2 Å². The molecular weight excluding hydrogens is 335 g/mol. The lowest BCUT2D eigenvalue weighted by atomic mass is 10.0. The molecule has 0 aliphatic rings. The lowest BCUT2D eigenvalue weighted by Crippen LogP contribution is -2.30. The molecule has 2 aromatic carbocycles. The molecule has 0 spiro atoms. The molecule has 0 amide bonds. The van der Waals surface area contributed by atoms with Gasteiger partial charge in [0.25, 0.3) is 0 Å². The average molecular weight is 353 g/mol. The fraction of sp³-hybridized carbons (Fsp3) is 0.250. The minimum Gasteiger partial charge on any atom is -0.497 e. The molecule has 0 aliphatic carbocycles. The van der Waals surface area contributed by atoms with E-state index in [4.69, 9.17) is 10.5 Å². The normalized spacial score (nSPS) is 12.0. The zero-order valence-corrected chi connectivity index (χ0v) is 13.6. The van der Waals surface area contributed by atoms with Crippen molar-refractivity contribution >= 4 is 21.6 Å². The molecule has 1 atom stereocenters. The van der Waals surface area contributed by atoms with Crippen molar-refractivity contribution in [3.63, 3.8) is 0 Å². The van der Waals surface area contributed by atoms with Crippen molar-refractivity contribution in [3.8, 4) is 5.75 Å². The van der Waals surface area contributed by atoms with E-state index in [9.17, 15) is 4.39 Å². The third-order valence-electron chi connectivity index (χ3n) is 3.49. The van der Waals surface area contributed by atoms with Crippen molar-refractivity contribution in [3.05, 3.63) is 58.3 Å². The second kappa shape index (κ2) is 6.91. The first kappa shape index (κ1) is 15.8. The van der Waals surface area contributed by atoms with E-state index in [-0.39, 0.29) is 11.9 Å². The van der Waals surface area contributed by atoms with Gasteiger partial charge in [-0.2, -0.15) is 0 Å². The van der Waals surface area contributed by atoms with Gasteiger partial charge in [-0.05, 0) is 48.0 Å². The van der Waals surface area contributed by atoms with Crippen LogP contribution >= 0.6 is 15.9 Å². The van der Waals surface area contributed by atoms with E-state index in [2.05, 4.69) is 15.9 Å². The highest BCUT2D eigenvalue weighted by molar-refractivity contribution is 9.10. The van der Waals surface area contributed by atoms with E-state index < -0.39 is 0 Å². The first-order valence-electron chi connectivity index (χ1n) is 6.58. The molecule has 21 heavy (non-hydrogen) atoms. The smallest absolute Gasteiger partial charge is 0.123 e. The molecule has 0 saturated heterocycles. The first-order chi connectivity index (χ1) is 10.1. The Hall–Kier alpha value is -1.59. The van der Waals surface area contributed by atoms with Crippen molar-refractivity contribution < 1.29 is 9.13 Å². The molecule has 0 aliphatic heterocycles. The zero-order chi connectivity index (χ0) is 15.4. The number of rotatable bonds is 5. The highest BCUT2D eigenvalue weighted by atomic mass is 79.9. The average Bonchev–Trinajstić information content (AvgIpc) is 2.50. The van der Waals surface area contributed by atoms with Gasteiger partial charge in [0.1, 0.15) is 11.6 Å². The van der Waals surface area contributed by atoms with Gasteiger partial charge in [-0.25, -0.2) is 4.39 Å². The lowest BCUT2D eigenvalue weighted by molar-refractivity contribution is 0.413. The SMILES string of the molecule is COc1ccc(Br)c(C(CN)N(C)c2ccc(F)cc2)c1. The molecular formula is C16H18BrFN2O. The van der Waals surface area contributed by atoms with Gasteiger partial charge in [0, 0.05) is 23.8 Å². The van der Waals surface area contributed by atoms with Crippen molar-refractivity contribution in [2.24, 2.45) is 5.73 Å². The Morgan fingerprint density at radius 1 is 1.24 bits per heavy atom. The fourth-order valence-corrected chi connectivity index (χ4v) is 2.76. The molecule has 0 bridgehead atoms. The van der Waals surface area contributed by atoms with Crippen LogP contribution in [0.5, 0.6) is 5.75 Å². The number of nitrogens with zero attached hydrogens (tertiary/aromatic N) is 1. The van der Waals surface area contributed by atoms with Gasteiger partial charge in [-0.3, -0.25) is 0 Å². The summed E-state index contributed by atoms with van der Waals surface area (Å²) in [5, 5.41) is 0. The lowest BCUT2D eigenvalue weighted by Gasteiger charge is -2.30. The maximum atomic E-state index is 13.1. The molecule has 0 heterocycles. The van der Waals surface area contributed by atoms with Gasteiger partial charge in [0.15, 0.2) is 0 Å². The van der Waals surface area contributed by atoms with Crippen LogP contribution in [-0.2, 0) is 0 Å². The van der Waals surface area contributed by atoms with Crippen LogP contribution in [0.15, 0.2) is 46.9 Å². The number of nitrogens with two attached hydrogens (primary N) is 1. The molecule has 1 unspecified atom stereocenters. The van der Waals surface area contributed by atoms with Gasteiger partial charge >= 0.3 is 0 Å².